The Morgan fingerprint density at radius 2 is 2.24 bits per heavy atom. The van der Waals surface area contributed by atoms with E-state index in [9.17, 15) is 9.59 Å². The van der Waals surface area contributed by atoms with Crippen LogP contribution in [0.15, 0.2) is 29.2 Å². The van der Waals surface area contributed by atoms with E-state index in [1.807, 2.05) is 32.4 Å². The zero-order valence-corrected chi connectivity index (χ0v) is 13.7. The molecule has 1 aliphatic heterocycles. The second kappa shape index (κ2) is 6.98. The van der Waals surface area contributed by atoms with E-state index < -0.39 is 0 Å². The van der Waals surface area contributed by atoms with Crippen LogP contribution in [0.2, 0.25) is 0 Å². The van der Waals surface area contributed by atoms with Gasteiger partial charge in [-0.2, -0.15) is 0 Å². The van der Waals surface area contributed by atoms with Crippen molar-refractivity contribution in [2.24, 2.45) is 5.92 Å². The fourth-order valence-electron chi connectivity index (χ4n) is 2.68. The van der Waals surface area contributed by atoms with Crippen molar-refractivity contribution in [2.75, 3.05) is 26.4 Å². The van der Waals surface area contributed by atoms with Crippen molar-refractivity contribution in [2.45, 2.75) is 24.8 Å². The average Bonchev–Trinajstić information content (AvgIpc) is 2.87. The first kappa shape index (κ1) is 15.9. The lowest BCUT2D eigenvalue weighted by atomic mass is 10.1. The minimum absolute atomic E-state index is 0.0638. The van der Waals surface area contributed by atoms with E-state index in [4.69, 9.17) is 0 Å². The SMILES string of the molecule is CCN1CC(C(=O)N(C)Cc2cccc(SC)c2)CC1=O. The number of benzene rings is 1. The molecule has 0 saturated carbocycles. The fraction of sp³-hybridized carbons (Fsp3) is 0.500. The summed E-state index contributed by atoms with van der Waals surface area (Å²) in [6.45, 7) is 3.78. The topological polar surface area (TPSA) is 40.6 Å². The molecule has 0 spiro atoms. The lowest BCUT2D eigenvalue weighted by Gasteiger charge is -2.21. The monoisotopic (exact) mass is 306 g/mol. The van der Waals surface area contributed by atoms with Crippen molar-refractivity contribution in [1.82, 2.24) is 9.80 Å². The first-order valence-corrected chi connectivity index (χ1v) is 8.43. The van der Waals surface area contributed by atoms with Gasteiger partial charge in [0.1, 0.15) is 0 Å². The molecule has 1 aromatic carbocycles. The van der Waals surface area contributed by atoms with Crippen LogP contribution in [-0.4, -0.2) is 48.0 Å². The highest BCUT2D eigenvalue weighted by Gasteiger charge is 2.34. The van der Waals surface area contributed by atoms with Crippen molar-refractivity contribution in [3.8, 4) is 0 Å². The molecule has 0 aliphatic carbocycles. The van der Waals surface area contributed by atoms with Crippen LogP contribution in [-0.2, 0) is 16.1 Å². The van der Waals surface area contributed by atoms with Crippen LogP contribution < -0.4 is 0 Å². The normalized spacial score (nSPS) is 18.1. The first-order valence-electron chi connectivity index (χ1n) is 7.20. The Hall–Kier alpha value is -1.49. The van der Waals surface area contributed by atoms with Crippen LogP contribution >= 0.6 is 11.8 Å². The number of amides is 2. The summed E-state index contributed by atoms with van der Waals surface area (Å²) in [6.07, 6.45) is 2.39. The summed E-state index contributed by atoms with van der Waals surface area (Å²) in [5, 5.41) is 0. The third-order valence-corrected chi connectivity index (χ3v) is 4.60. The molecule has 0 radical (unpaired) electrons. The predicted molar refractivity (Wildman–Crippen MR) is 85.1 cm³/mol. The average molecular weight is 306 g/mol. The molecule has 114 valence electrons. The molecule has 4 nitrogen and oxygen atoms in total. The molecule has 5 heteroatoms. The van der Waals surface area contributed by atoms with Gasteiger partial charge in [-0.15, -0.1) is 11.8 Å². The number of carbonyl (C=O) groups excluding carboxylic acids is 2. The Labute approximate surface area is 130 Å². The molecule has 1 atom stereocenters. The molecule has 0 bridgehead atoms. The summed E-state index contributed by atoms with van der Waals surface area (Å²) in [7, 11) is 1.81. The summed E-state index contributed by atoms with van der Waals surface area (Å²) < 4.78 is 0. The molecule has 0 aromatic heterocycles. The minimum Gasteiger partial charge on any atom is -0.342 e. The van der Waals surface area contributed by atoms with Gasteiger partial charge in [-0.05, 0) is 30.9 Å². The number of hydrogen-bond acceptors (Lipinski definition) is 3. The van der Waals surface area contributed by atoms with Gasteiger partial charge in [0.2, 0.25) is 11.8 Å². The maximum Gasteiger partial charge on any atom is 0.228 e. The fourth-order valence-corrected chi connectivity index (χ4v) is 3.16. The Bertz CT molecular complexity index is 533. The van der Waals surface area contributed by atoms with E-state index >= 15 is 0 Å². The Morgan fingerprint density at radius 3 is 2.86 bits per heavy atom. The van der Waals surface area contributed by atoms with Crippen molar-refractivity contribution < 1.29 is 9.59 Å². The molecule has 2 amide bonds. The van der Waals surface area contributed by atoms with Crippen LogP contribution in [0.25, 0.3) is 0 Å². The second-order valence-corrected chi connectivity index (χ2v) is 6.26. The van der Waals surface area contributed by atoms with Crippen molar-refractivity contribution in [3.05, 3.63) is 29.8 Å². The Morgan fingerprint density at radius 1 is 1.48 bits per heavy atom. The van der Waals surface area contributed by atoms with Gasteiger partial charge in [-0.1, -0.05) is 12.1 Å². The third kappa shape index (κ3) is 3.79. The molecule has 1 aliphatic rings. The van der Waals surface area contributed by atoms with Gasteiger partial charge in [-0.25, -0.2) is 0 Å². The molecule has 1 heterocycles. The van der Waals surface area contributed by atoms with Gasteiger partial charge in [0.25, 0.3) is 0 Å². The van der Waals surface area contributed by atoms with Gasteiger partial charge >= 0.3 is 0 Å². The summed E-state index contributed by atoms with van der Waals surface area (Å²) in [6, 6.07) is 8.20. The second-order valence-electron chi connectivity index (χ2n) is 5.38. The summed E-state index contributed by atoms with van der Waals surface area (Å²) in [4.78, 5) is 28.9. The number of rotatable bonds is 5. The van der Waals surface area contributed by atoms with Crippen LogP contribution in [0.3, 0.4) is 0 Å². The number of nitrogens with zero attached hydrogens (tertiary/aromatic N) is 2. The van der Waals surface area contributed by atoms with E-state index in [-0.39, 0.29) is 17.7 Å². The Balaban J connectivity index is 1.98. The zero-order valence-electron chi connectivity index (χ0n) is 12.8. The molecule has 0 N–H and O–H groups in total. The maximum absolute atomic E-state index is 12.5. The summed E-state index contributed by atoms with van der Waals surface area (Å²) in [5.74, 6) is -0.0336. The minimum atomic E-state index is -0.189. The highest BCUT2D eigenvalue weighted by atomic mass is 32.2. The summed E-state index contributed by atoms with van der Waals surface area (Å²) >= 11 is 1.69. The standard InChI is InChI=1S/C16H22N2O2S/c1-4-18-11-13(9-15(18)19)16(20)17(2)10-12-6-5-7-14(8-12)21-3/h5-8,13H,4,9-11H2,1-3H3. The van der Waals surface area contributed by atoms with E-state index in [0.717, 1.165) is 5.56 Å². The van der Waals surface area contributed by atoms with E-state index in [1.165, 1.54) is 4.90 Å². The highest BCUT2D eigenvalue weighted by molar-refractivity contribution is 7.98. The van der Waals surface area contributed by atoms with Crippen LogP contribution in [0.5, 0.6) is 0 Å². The van der Waals surface area contributed by atoms with E-state index in [0.29, 0.717) is 26.1 Å². The molecule has 1 unspecified atom stereocenters. The smallest absolute Gasteiger partial charge is 0.228 e. The quantitative estimate of drug-likeness (QED) is 0.783. The number of thioether (sulfide) groups is 1. The number of likely N-dealkylation sites (tertiary alicyclic amines) is 1. The first-order chi connectivity index (χ1) is 10.0. The largest absolute Gasteiger partial charge is 0.342 e. The lowest BCUT2D eigenvalue weighted by molar-refractivity contribution is -0.135. The van der Waals surface area contributed by atoms with Crippen molar-refractivity contribution in [1.29, 1.82) is 0 Å². The van der Waals surface area contributed by atoms with Crippen LogP contribution in [0.1, 0.15) is 18.9 Å². The van der Waals surface area contributed by atoms with Gasteiger partial charge in [-0.3, -0.25) is 9.59 Å². The van der Waals surface area contributed by atoms with Gasteiger partial charge < -0.3 is 9.80 Å². The van der Waals surface area contributed by atoms with E-state index in [2.05, 4.69) is 12.1 Å². The van der Waals surface area contributed by atoms with Gasteiger partial charge in [0.15, 0.2) is 0 Å². The Kier molecular flexibility index (Phi) is 5.28. The molecule has 2 rings (SSSR count). The molecule has 1 aromatic rings. The molecular weight excluding hydrogens is 284 g/mol. The number of hydrogen-bond donors (Lipinski definition) is 0. The van der Waals surface area contributed by atoms with Crippen molar-refractivity contribution >= 4 is 23.6 Å². The third-order valence-electron chi connectivity index (χ3n) is 3.88. The lowest BCUT2D eigenvalue weighted by Crippen LogP contribution is -2.34. The van der Waals surface area contributed by atoms with Gasteiger partial charge in [0.05, 0.1) is 5.92 Å². The maximum atomic E-state index is 12.5. The molecule has 1 fully saturated rings. The zero-order chi connectivity index (χ0) is 15.4. The predicted octanol–water partition coefficient (Wildman–Crippen LogP) is 2.24. The van der Waals surface area contributed by atoms with Crippen LogP contribution in [0.4, 0.5) is 0 Å². The highest BCUT2D eigenvalue weighted by Crippen LogP contribution is 2.21. The summed E-state index contributed by atoms with van der Waals surface area (Å²) in [5.41, 5.74) is 1.12. The number of carbonyl (C=O) groups is 2. The van der Waals surface area contributed by atoms with Crippen molar-refractivity contribution in [3.63, 3.8) is 0 Å². The molecular formula is C16H22N2O2S. The van der Waals surface area contributed by atoms with E-state index in [1.54, 1.807) is 21.6 Å². The van der Waals surface area contributed by atoms with Crippen LogP contribution in [0, 0.1) is 5.92 Å². The molecule has 21 heavy (non-hydrogen) atoms. The molecule has 1 saturated heterocycles. The van der Waals surface area contributed by atoms with Gasteiger partial charge in [0, 0.05) is 38.0 Å².